The summed E-state index contributed by atoms with van der Waals surface area (Å²) in [7, 11) is 2.32. The Labute approximate surface area is 118 Å². The van der Waals surface area contributed by atoms with Crippen LogP contribution in [-0.2, 0) is 0 Å². The molecular formula is C18H29N. The number of rotatable bonds is 0. The van der Waals surface area contributed by atoms with Crippen LogP contribution < -0.4 is 0 Å². The highest BCUT2D eigenvalue weighted by Crippen LogP contribution is 2.56. The van der Waals surface area contributed by atoms with Crippen molar-refractivity contribution in [3.63, 3.8) is 0 Å². The van der Waals surface area contributed by atoms with Crippen LogP contribution in [0.2, 0.25) is 0 Å². The SMILES string of the molecule is CC1C2C=CC3=C(C1C2C)N(C)C[C@@H](C)CC3(C)C. The van der Waals surface area contributed by atoms with Crippen LogP contribution in [0.4, 0.5) is 0 Å². The molecule has 1 aliphatic heterocycles. The van der Waals surface area contributed by atoms with E-state index in [2.05, 4.69) is 58.7 Å². The van der Waals surface area contributed by atoms with Gasteiger partial charge in [-0.25, -0.2) is 0 Å². The average molecular weight is 259 g/mol. The highest BCUT2D eigenvalue weighted by Gasteiger charge is 2.50. The van der Waals surface area contributed by atoms with Crippen LogP contribution in [0.1, 0.15) is 41.0 Å². The topological polar surface area (TPSA) is 3.24 Å². The van der Waals surface area contributed by atoms with E-state index in [4.69, 9.17) is 0 Å². The van der Waals surface area contributed by atoms with Gasteiger partial charge in [-0.1, -0.05) is 46.8 Å². The Hall–Kier alpha value is -0.720. The first-order valence-corrected chi connectivity index (χ1v) is 7.97. The number of allylic oxidation sites excluding steroid dienone is 4. The first-order valence-electron chi connectivity index (χ1n) is 7.97. The van der Waals surface area contributed by atoms with Gasteiger partial charge in [-0.05, 0) is 41.1 Å². The van der Waals surface area contributed by atoms with Crippen LogP contribution in [0.25, 0.3) is 0 Å². The summed E-state index contributed by atoms with van der Waals surface area (Å²) in [5, 5.41) is 0. The van der Waals surface area contributed by atoms with E-state index in [0.717, 1.165) is 29.6 Å². The van der Waals surface area contributed by atoms with Crippen molar-refractivity contribution in [1.29, 1.82) is 0 Å². The molecule has 1 fully saturated rings. The summed E-state index contributed by atoms with van der Waals surface area (Å²) in [6.07, 6.45) is 6.30. The van der Waals surface area contributed by atoms with Gasteiger partial charge in [0, 0.05) is 25.2 Å². The van der Waals surface area contributed by atoms with Crippen LogP contribution in [0.5, 0.6) is 0 Å². The van der Waals surface area contributed by atoms with Gasteiger partial charge in [-0.15, -0.1) is 0 Å². The van der Waals surface area contributed by atoms with Crippen molar-refractivity contribution in [2.24, 2.45) is 35.0 Å². The van der Waals surface area contributed by atoms with Gasteiger partial charge in [-0.3, -0.25) is 0 Å². The lowest BCUT2D eigenvalue weighted by molar-refractivity contribution is 0.0460. The second-order valence-corrected chi connectivity index (χ2v) is 8.05. The maximum Gasteiger partial charge on any atom is 0.0205 e. The second-order valence-electron chi connectivity index (χ2n) is 8.05. The third-order valence-corrected chi connectivity index (χ3v) is 6.01. The fraction of sp³-hybridized carbons (Fsp3) is 0.778. The van der Waals surface area contributed by atoms with E-state index in [0.29, 0.717) is 5.41 Å². The molecule has 0 aromatic heterocycles. The largest absolute Gasteiger partial charge is 0.377 e. The molecule has 0 spiro atoms. The zero-order chi connectivity index (χ0) is 13.9. The van der Waals surface area contributed by atoms with Gasteiger partial charge >= 0.3 is 0 Å². The quantitative estimate of drug-likeness (QED) is 0.626. The van der Waals surface area contributed by atoms with E-state index in [1.807, 2.05) is 0 Å². The molecule has 106 valence electrons. The predicted molar refractivity (Wildman–Crippen MR) is 81.7 cm³/mol. The minimum Gasteiger partial charge on any atom is -0.377 e. The highest BCUT2D eigenvalue weighted by atomic mass is 15.1. The molecule has 2 bridgehead atoms. The van der Waals surface area contributed by atoms with Crippen molar-refractivity contribution in [3.8, 4) is 0 Å². The first-order chi connectivity index (χ1) is 8.83. The van der Waals surface area contributed by atoms with Gasteiger partial charge in [0.1, 0.15) is 0 Å². The molecule has 0 N–H and O–H groups in total. The van der Waals surface area contributed by atoms with Crippen molar-refractivity contribution in [2.45, 2.75) is 41.0 Å². The Morgan fingerprint density at radius 2 is 1.79 bits per heavy atom. The average Bonchev–Trinajstić information content (AvgIpc) is 2.58. The van der Waals surface area contributed by atoms with Gasteiger partial charge in [-0.2, -0.15) is 0 Å². The molecule has 4 aliphatic rings. The van der Waals surface area contributed by atoms with E-state index in [1.54, 1.807) is 11.3 Å². The summed E-state index contributed by atoms with van der Waals surface area (Å²) in [6.45, 7) is 13.4. The highest BCUT2D eigenvalue weighted by molar-refractivity contribution is 5.39. The normalized spacial score (nSPS) is 44.3. The Kier molecular flexibility index (Phi) is 2.89. The molecular weight excluding hydrogens is 230 g/mol. The van der Waals surface area contributed by atoms with E-state index < -0.39 is 0 Å². The van der Waals surface area contributed by atoms with Gasteiger partial charge in [0.2, 0.25) is 0 Å². The van der Waals surface area contributed by atoms with Crippen molar-refractivity contribution in [2.75, 3.05) is 13.6 Å². The van der Waals surface area contributed by atoms with Gasteiger partial charge in [0.15, 0.2) is 0 Å². The maximum absolute atomic E-state index is 2.58. The van der Waals surface area contributed by atoms with Crippen molar-refractivity contribution >= 4 is 0 Å². The molecule has 1 heterocycles. The molecule has 4 rings (SSSR count). The zero-order valence-electron chi connectivity index (χ0n) is 13.4. The van der Waals surface area contributed by atoms with Crippen molar-refractivity contribution < 1.29 is 0 Å². The lowest BCUT2D eigenvalue weighted by Gasteiger charge is -2.50. The molecule has 1 nitrogen and oxygen atoms in total. The summed E-state index contributed by atoms with van der Waals surface area (Å²) in [5.74, 6) is 4.01. The fourth-order valence-corrected chi connectivity index (χ4v) is 5.26. The summed E-state index contributed by atoms with van der Waals surface area (Å²) < 4.78 is 0. The van der Waals surface area contributed by atoms with Gasteiger partial charge in [0.05, 0.1) is 0 Å². The third-order valence-electron chi connectivity index (χ3n) is 6.01. The van der Waals surface area contributed by atoms with Crippen molar-refractivity contribution in [3.05, 3.63) is 23.4 Å². The molecule has 0 saturated heterocycles. The molecule has 0 aromatic carbocycles. The van der Waals surface area contributed by atoms with E-state index in [1.165, 1.54) is 13.0 Å². The van der Waals surface area contributed by atoms with Gasteiger partial charge in [0.25, 0.3) is 0 Å². The summed E-state index contributed by atoms with van der Waals surface area (Å²) >= 11 is 0. The molecule has 3 aliphatic carbocycles. The molecule has 2 unspecified atom stereocenters. The van der Waals surface area contributed by atoms with Crippen LogP contribution >= 0.6 is 0 Å². The summed E-state index contributed by atoms with van der Waals surface area (Å²) in [4.78, 5) is 2.58. The molecule has 3 atom stereocenters. The van der Waals surface area contributed by atoms with Gasteiger partial charge < -0.3 is 4.90 Å². The fourth-order valence-electron chi connectivity index (χ4n) is 5.26. The lowest BCUT2D eigenvalue weighted by atomic mass is 9.57. The number of hydrogen-bond acceptors (Lipinski definition) is 1. The minimum atomic E-state index is 0.326. The zero-order valence-corrected chi connectivity index (χ0v) is 13.4. The molecule has 19 heavy (non-hydrogen) atoms. The summed E-state index contributed by atoms with van der Waals surface area (Å²) in [6, 6.07) is 0. The van der Waals surface area contributed by atoms with Crippen molar-refractivity contribution in [1.82, 2.24) is 4.90 Å². The molecule has 0 amide bonds. The minimum absolute atomic E-state index is 0.326. The molecule has 1 saturated carbocycles. The Balaban J connectivity index is 2.12. The lowest BCUT2D eigenvalue weighted by Crippen LogP contribution is -2.46. The smallest absolute Gasteiger partial charge is 0.0205 e. The standard InChI is InChI=1S/C18H29N/c1-11-9-18(4,5)15-8-7-14-12(2)16(13(14)3)17(15)19(6)10-11/h7-8,11-14,16H,9-10H2,1-6H3/t11-,12?,13?,14?,16?/m0/s1. The van der Waals surface area contributed by atoms with Crippen LogP contribution in [0, 0.1) is 35.0 Å². The summed E-state index contributed by atoms with van der Waals surface area (Å²) in [5.41, 5.74) is 3.62. The van der Waals surface area contributed by atoms with E-state index >= 15 is 0 Å². The predicted octanol–water partition coefficient (Wildman–Crippen LogP) is 4.33. The Morgan fingerprint density at radius 3 is 2.42 bits per heavy atom. The first kappa shape index (κ1) is 13.3. The molecule has 0 aromatic rings. The van der Waals surface area contributed by atoms with Crippen LogP contribution in [0.15, 0.2) is 23.4 Å². The molecule has 0 radical (unpaired) electrons. The third kappa shape index (κ3) is 1.80. The van der Waals surface area contributed by atoms with Crippen LogP contribution in [0.3, 0.4) is 0 Å². The monoisotopic (exact) mass is 259 g/mol. The second kappa shape index (κ2) is 4.14. The number of hydrogen-bond donors (Lipinski definition) is 0. The van der Waals surface area contributed by atoms with E-state index in [-0.39, 0.29) is 0 Å². The number of nitrogens with zero attached hydrogens (tertiary/aromatic N) is 1. The molecule has 1 heteroatoms. The van der Waals surface area contributed by atoms with E-state index in [9.17, 15) is 0 Å². The Morgan fingerprint density at radius 1 is 1.16 bits per heavy atom. The Bertz CT molecular complexity index is 433. The maximum atomic E-state index is 2.58. The van der Waals surface area contributed by atoms with Crippen LogP contribution in [-0.4, -0.2) is 18.5 Å².